The smallest absolute Gasteiger partial charge is 0.273 e. The Labute approximate surface area is 155 Å². The first-order chi connectivity index (χ1) is 12.6. The Balaban J connectivity index is 1.46. The van der Waals surface area contributed by atoms with Gasteiger partial charge in [0.15, 0.2) is 11.5 Å². The normalized spacial score (nSPS) is 10.3. The quantitative estimate of drug-likeness (QED) is 0.654. The molecule has 0 aliphatic rings. The molecule has 0 aliphatic heterocycles. The van der Waals surface area contributed by atoms with Crippen LogP contribution in [-0.2, 0) is 0 Å². The summed E-state index contributed by atoms with van der Waals surface area (Å²) in [5, 5.41) is 9.74. The van der Waals surface area contributed by atoms with Gasteiger partial charge >= 0.3 is 0 Å². The topological polar surface area (TPSA) is 84.2 Å². The summed E-state index contributed by atoms with van der Waals surface area (Å²) in [7, 11) is 0. The summed E-state index contributed by atoms with van der Waals surface area (Å²) in [5.74, 6) is -0.0767. The fraction of sp³-hybridized carbons (Fsp3) is 0.105. The van der Waals surface area contributed by atoms with Crippen LogP contribution in [0.4, 0.5) is 0 Å². The third-order valence-electron chi connectivity index (χ3n) is 3.60. The standard InChI is InChI=1S/C19H16ClN3O3/c20-15-8-6-14(7-9-15)18(24)21-10-11-22-19(25)16-12-17(26-23-16)13-4-2-1-3-5-13/h1-9,12H,10-11H2,(H,21,24)(H,22,25). The Morgan fingerprint density at radius 2 is 1.58 bits per heavy atom. The molecule has 2 aromatic carbocycles. The summed E-state index contributed by atoms with van der Waals surface area (Å²) in [5.41, 5.74) is 1.53. The highest BCUT2D eigenvalue weighted by atomic mass is 35.5. The number of carbonyl (C=O) groups excluding carboxylic acids is 2. The van der Waals surface area contributed by atoms with Crippen LogP contribution in [0.25, 0.3) is 11.3 Å². The monoisotopic (exact) mass is 369 g/mol. The van der Waals surface area contributed by atoms with Gasteiger partial charge in [-0.15, -0.1) is 0 Å². The lowest BCUT2D eigenvalue weighted by molar-refractivity contribution is 0.0922. The van der Waals surface area contributed by atoms with E-state index in [0.717, 1.165) is 5.56 Å². The molecule has 0 bridgehead atoms. The number of halogens is 1. The molecule has 3 rings (SSSR count). The molecule has 1 aromatic heterocycles. The highest BCUT2D eigenvalue weighted by molar-refractivity contribution is 6.30. The minimum Gasteiger partial charge on any atom is -0.355 e. The van der Waals surface area contributed by atoms with E-state index in [1.165, 1.54) is 0 Å². The summed E-state index contributed by atoms with van der Waals surface area (Å²) < 4.78 is 5.19. The van der Waals surface area contributed by atoms with Gasteiger partial charge in [-0.1, -0.05) is 47.1 Å². The van der Waals surface area contributed by atoms with Crippen molar-refractivity contribution in [3.63, 3.8) is 0 Å². The zero-order valence-corrected chi connectivity index (χ0v) is 14.5. The van der Waals surface area contributed by atoms with Gasteiger partial charge in [-0.25, -0.2) is 0 Å². The average molecular weight is 370 g/mol. The number of hydrogen-bond donors (Lipinski definition) is 2. The van der Waals surface area contributed by atoms with Crippen LogP contribution in [0.2, 0.25) is 5.02 Å². The van der Waals surface area contributed by atoms with Crippen molar-refractivity contribution in [2.75, 3.05) is 13.1 Å². The Morgan fingerprint density at radius 1 is 0.923 bits per heavy atom. The maximum absolute atomic E-state index is 12.1. The van der Waals surface area contributed by atoms with Crippen LogP contribution in [0, 0.1) is 0 Å². The second-order valence-corrected chi connectivity index (χ2v) is 5.90. The van der Waals surface area contributed by atoms with Crippen LogP contribution in [0.1, 0.15) is 20.8 Å². The molecule has 0 saturated carbocycles. The fourth-order valence-electron chi connectivity index (χ4n) is 2.27. The van der Waals surface area contributed by atoms with E-state index in [-0.39, 0.29) is 30.6 Å². The lowest BCUT2D eigenvalue weighted by Crippen LogP contribution is -2.34. The highest BCUT2D eigenvalue weighted by Gasteiger charge is 2.13. The predicted octanol–water partition coefficient (Wildman–Crippen LogP) is 3.15. The van der Waals surface area contributed by atoms with Crippen molar-refractivity contribution in [3.05, 3.63) is 76.9 Å². The number of nitrogens with zero attached hydrogens (tertiary/aromatic N) is 1. The van der Waals surface area contributed by atoms with Crippen molar-refractivity contribution in [3.8, 4) is 11.3 Å². The molecule has 26 heavy (non-hydrogen) atoms. The van der Waals surface area contributed by atoms with E-state index < -0.39 is 0 Å². The van der Waals surface area contributed by atoms with E-state index in [1.807, 2.05) is 30.3 Å². The van der Waals surface area contributed by atoms with Crippen LogP contribution in [0.3, 0.4) is 0 Å². The van der Waals surface area contributed by atoms with Gasteiger partial charge in [0.25, 0.3) is 11.8 Å². The van der Waals surface area contributed by atoms with Gasteiger partial charge in [0.1, 0.15) is 0 Å². The fourth-order valence-corrected chi connectivity index (χ4v) is 2.39. The zero-order valence-electron chi connectivity index (χ0n) is 13.7. The minimum atomic E-state index is -0.364. The van der Waals surface area contributed by atoms with Gasteiger partial charge in [0.2, 0.25) is 0 Å². The number of carbonyl (C=O) groups is 2. The zero-order chi connectivity index (χ0) is 18.4. The van der Waals surface area contributed by atoms with E-state index in [1.54, 1.807) is 30.3 Å². The predicted molar refractivity (Wildman–Crippen MR) is 98.1 cm³/mol. The van der Waals surface area contributed by atoms with Crippen molar-refractivity contribution in [2.24, 2.45) is 0 Å². The molecule has 2 amide bonds. The van der Waals surface area contributed by atoms with Gasteiger partial charge in [-0.3, -0.25) is 9.59 Å². The van der Waals surface area contributed by atoms with Crippen molar-refractivity contribution in [2.45, 2.75) is 0 Å². The number of benzene rings is 2. The Bertz CT molecular complexity index is 892. The third-order valence-corrected chi connectivity index (χ3v) is 3.86. The van der Waals surface area contributed by atoms with Crippen molar-refractivity contribution >= 4 is 23.4 Å². The summed E-state index contributed by atoms with van der Waals surface area (Å²) in [6, 6.07) is 17.5. The first-order valence-corrected chi connectivity index (χ1v) is 8.35. The van der Waals surface area contributed by atoms with E-state index >= 15 is 0 Å². The first kappa shape index (κ1) is 17.7. The van der Waals surface area contributed by atoms with Crippen molar-refractivity contribution in [1.82, 2.24) is 15.8 Å². The van der Waals surface area contributed by atoms with Crippen molar-refractivity contribution in [1.29, 1.82) is 0 Å². The lowest BCUT2D eigenvalue weighted by atomic mass is 10.1. The summed E-state index contributed by atoms with van der Waals surface area (Å²) in [6.45, 7) is 0.558. The van der Waals surface area contributed by atoms with E-state index in [0.29, 0.717) is 16.3 Å². The summed E-state index contributed by atoms with van der Waals surface area (Å²) in [6.07, 6.45) is 0. The largest absolute Gasteiger partial charge is 0.355 e. The number of hydrogen-bond acceptors (Lipinski definition) is 4. The lowest BCUT2D eigenvalue weighted by Gasteiger charge is -2.06. The van der Waals surface area contributed by atoms with Gasteiger partial charge in [-0.05, 0) is 24.3 Å². The maximum Gasteiger partial charge on any atom is 0.273 e. The molecule has 0 aliphatic carbocycles. The Kier molecular flexibility index (Phi) is 5.66. The van der Waals surface area contributed by atoms with Gasteiger partial charge in [-0.2, -0.15) is 0 Å². The molecule has 7 heteroatoms. The average Bonchev–Trinajstić information content (AvgIpc) is 3.16. The molecule has 0 spiro atoms. The number of amides is 2. The van der Waals surface area contributed by atoms with Crippen LogP contribution in [0.15, 0.2) is 65.2 Å². The second kappa shape index (κ2) is 8.31. The molecule has 0 unspecified atom stereocenters. The van der Waals surface area contributed by atoms with Crippen LogP contribution >= 0.6 is 11.6 Å². The molecule has 1 heterocycles. The van der Waals surface area contributed by atoms with Crippen molar-refractivity contribution < 1.29 is 14.1 Å². The number of rotatable bonds is 6. The number of nitrogens with one attached hydrogen (secondary N) is 2. The van der Waals surface area contributed by atoms with Crippen LogP contribution in [-0.4, -0.2) is 30.1 Å². The van der Waals surface area contributed by atoms with E-state index in [9.17, 15) is 9.59 Å². The molecule has 0 saturated heterocycles. The highest BCUT2D eigenvalue weighted by Crippen LogP contribution is 2.19. The molecule has 3 aromatic rings. The van der Waals surface area contributed by atoms with Gasteiger partial charge < -0.3 is 15.2 Å². The van der Waals surface area contributed by atoms with Crippen LogP contribution in [0.5, 0.6) is 0 Å². The van der Waals surface area contributed by atoms with E-state index in [4.69, 9.17) is 16.1 Å². The molecular weight excluding hydrogens is 354 g/mol. The molecule has 0 fully saturated rings. The molecule has 0 atom stereocenters. The van der Waals surface area contributed by atoms with Crippen LogP contribution < -0.4 is 10.6 Å². The third kappa shape index (κ3) is 4.49. The Morgan fingerprint density at radius 3 is 2.27 bits per heavy atom. The van der Waals surface area contributed by atoms with Gasteiger partial charge in [0.05, 0.1) is 0 Å². The number of aromatic nitrogens is 1. The SMILES string of the molecule is O=C(NCCNC(=O)c1cc(-c2ccccc2)on1)c1ccc(Cl)cc1. The van der Waals surface area contributed by atoms with E-state index in [2.05, 4.69) is 15.8 Å². The summed E-state index contributed by atoms with van der Waals surface area (Å²) in [4.78, 5) is 24.0. The molecule has 6 nitrogen and oxygen atoms in total. The molecule has 0 radical (unpaired) electrons. The molecule has 132 valence electrons. The Hall–Kier alpha value is -3.12. The first-order valence-electron chi connectivity index (χ1n) is 7.97. The molecule has 2 N–H and O–H groups in total. The minimum absolute atomic E-state index is 0.188. The molecular formula is C19H16ClN3O3. The summed E-state index contributed by atoms with van der Waals surface area (Å²) >= 11 is 5.78. The second-order valence-electron chi connectivity index (χ2n) is 5.46. The maximum atomic E-state index is 12.1. The van der Waals surface area contributed by atoms with Gasteiger partial charge in [0, 0.05) is 35.3 Å².